The van der Waals surface area contributed by atoms with Crippen molar-refractivity contribution in [3.05, 3.63) is 28.2 Å². The van der Waals surface area contributed by atoms with Crippen LogP contribution in [0.2, 0.25) is 10.0 Å². The van der Waals surface area contributed by atoms with E-state index < -0.39 is 7.60 Å². The van der Waals surface area contributed by atoms with Crippen molar-refractivity contribution >= 4 is 36.1 Å². The Hall–Kier alpha value is -0.0500. The van der Waals surface area contributed by atoms with E-state index in [2.05, 4.69) is 0 Å². The fraction of sp³-hybridized carbons (Fsp3) is 0.400. The Morgan fingerprint density at radius 3 is 2.25 bits per heavy atom. The normalized spacial score (nSPS) is 11.8. The highest BCUT2D eigenvalue weighted by molar-refractivity contribution is 7.62. The molecule has 0 saturated carbocycles. The first kappa shape index (κ1) is 14.0. The van der Waals surface area contributed by atoms with Crippen LogP contribution in [0.15, 0.2) is 18.2 Å². The molecule has 0 atom stereocenters. The summed E-state index contributed by atoms with van der Waals surface area (Å²) >= 11 is 11.8. The van der Waals surface area contributed by atoms with Gasteiger partial charge in [0, 0.05) is 0 Å². The maximum Gasteiger partial charge on any atom is 0.362 e. The molecule has 3 nitrogen and oxygen atoms in total. The lowest BCUT2D eigenvalue weighted by Crippen LogP contribution is -2.12. The lowest BCUT2D eigenvalue weighted by atomic mass is 10.4. The molecule has 0 aliphatic carbocycles. The molecule has 0 saturated heterocycles. The molecule has 0 bridgehead atoms. The van der Waals surface area contributed by atoms with Gasteiger partial charge in [0.1, 0.15) is 0 Å². The second-order valence-electron chi connectivity index (χ2n) is 2.91. The first-order valence-electron chi connectivity index (χ1n) is 4.88. The second-order valence-corrected chi connectivity index (χ2v) is 5.68. The summed E-state index contributed by atoms with van der Waals surface area (Å²) in [6, 6.07) is 4.88. The van der Waals surface area contributed by atoms with Gasteiger partial charge in [-0.1, -0.05) is 29.3 Å². The Morgan fingerprint density at radius 2 is 1.75 bits per heavy atom. The third kappa shape index (κ3) is 2.99. The van der Waals surface area contributed by atoms with Crippen LogP contribution in [-0.4, -0.2) is 13.2 Å². The second kappa shape index (κ2) is 6.04. The highest BCUT2D eigenvalue weighted by atomic mass is 35.5. The zero-order chi connectivity index (χ0) is 12.2. The van der Waals surface area contributed by atoms with Gasteiger partial charge < -0.3 is 9.05 Å². The molecule has 0 aliphatic heterocycles. The van der Waals surface area contributed by atoms with Crippen LogP contribution in [0.4, 0.5) is 0 Å². The van der Waals surface area contributed by atoms with Gasteiger partial charge in [-0.3, -0.25) is 4.57 Å². The van der Waals surface area contributed by atoms with Crippen molar-refractivity contribution in [2.24, 2.45) is 0 Å². The molecule has 0 spiro atoms. The molecule has 1 aromatic carbocycles. The number of benzene rings is 1. The van der Waals surface area contributed by atoms with Crippen molar-refractivity contribution in [1.82, 2.24) is 0 Å². The van der Waals surface area contributed by atoms with Crippen LogP contribution in [0.1, 0.15) is 13.8 Å². The largest absolute Gasteiger partial charge is 0.362 e. The van der Waals surface area contributed by atoms with Crippen molar-refractivity contribution in [2.45, 2.75) is 13.8 Å². The molecule has 0 unspecified atom stereocenters. The average Bonchev–Trinajstić information content (AvgIpc) is 2.22. The number of hydrogen-bond acceptors (Lipinski definition) is 3. The van der Waals surface area contributed by atoms with Crippen LogP contribution in [0, 0.1) is 0 Å². The average molecular weight is 283 g/mol. The molecule has 1 aromatic rings. The molecule has 0 heterocycles. The zero-order valence-corrected chi connectivity index (χ0v) is 11.5. The minimum Gasteiger partial charge on any atom is -0.305 e. The summed E-state index contributed by atoms with van der Waals surface area (Å²) in [7, 11) is -3.35. The van der Waals surface area contributed by atoms with E-state index in [0.29, 0.717) is 10.3 Å². The zero-order valence-electron chi connectivity index (χ0n) is 9.07. The molecule has 6 heteroatoms. The summed E-state index contributed by atoms with van der Waals surface area (Å²) in [5, 5.41) is 0.860. The number of hydrogen-bond donors (Lipinski definition) is 0. The minimum absolute atomic E-state index is 0.217. The van der Waals surface area contributed by atoms with Gasteiger partial charge >= 0.3 is 7.60 Å². The molecular formula is C10H13Cl2O3P. The Morgan fingerprint density at radius 1 is 1.19 bits per heavy atom. The third-order valence-electron chi connectivity index (χ3n) is 1.82. The fourth-order valence-corrected chi connectivity index (χ4v) is 3.56. The van der Waals surface area contributed by atoms with Gasteiger partial charge in [0.2, 0.25) is 0 Å². The Bertz CT molecular complexity index is 399. The quantitative estimate of drug-likeness (QED) is 0.769. The summed E-state index contributed by atoms with van der Waals surface area (Å²) in [6.07, 6.45) is 0. The van der Waals surface area contributed by atoms with Gasteiger partial charge in [0.15, 0.2) is 0 Å². The first-order valence-corrected chi connectivity index (χ1v) is 7.18. The van der Waals surface area contributed by atoms with Gasteiger partial charge in [-0.25, -0.2) is 0 Å². The van der Waals surface area contributed by atoms with Crippen molar-refractivity contribution in [1.29, 1.82) is 0 Å². The van der Waals surface area contributed by atoms with E-state index in [1.807, 2.05) is 0 Å². The van der Waals surface area contributed by atoms with Crippen LogP contribution < -0.4 is 5.30 Å². The van der Waals surface area contributed by atoms with E-state index in [1.54, 1.807) is 32.0 Å². The monoisotopic (exact) mass is 282 g/mol. The summed E-state index contributed by atoms with van der Waals surface area (Å²) in [5.74, 6) is 0. The minimum atomic E-state index is -3.35. The van der Waals surface area contributed by atoms with E-state index in [0.717, 1.165) is 0 Å². The predicted molar refractivity (Wildman–Crippen MR) is 67.0 cm³/mol. The lowest BCUT2D eigenvalue weighted by Gasteiger charge is -2.18. The van der Waals surface area contributed by atoms with Gasteiger partial charge in [-0.05, 0) is 26.0 Å². The predicted octanol–water partition coefficient (Wildman–Crippen LogP) is 3.88. The van der Waals surface area contributed by atoms with E-state index in [1.165, 1.54) is 0 Å². The summed E-state index contributed by atoms with van der Waals surface area (Å²) < 4.78 is 22.8. The van der Waals surface area contributed by atoms with Crippen LogP contribution in [-0.2, 0) is 13.6 Å². The molecule has 0 radical (unpaired) electrons. The highest BCUT2D eigenvalue weighted by Crippen LogP contribution is 2.49. The Balaban J connectivity index is 3.21. The number of rotatable bonds is 5. The van der Waals surface area contributed by atoms with E-state index >= 15 is 0 Å². The smallest absolute Gasteiger partial charge is 0.305 e. The molecule has 0 fully saturated rings. The van der Waals surface area contributed by atoms with Crippen LogP contribution in [0.25, 0.3) is 0 Å². The maximum atomic E-state index is 12.4. The van der Waals surface area contributed by atoms with Crippen LogP contribution >= 0.6 is 30.8 Å². The lowest BCUT2D eigenvalue weighted by molar-refractivity contribution is 0.230. The maximum absolute atomic E-state index is 12.4. The van der Waals surface area contributed by atoms with E-state index in [4.69, 9.17) is 32.2 Å². The van der Waals surface area contributed by atoms with Crippen molar-refractivity contribution in [3.8, 4) is 0 Å². The number of halogens is 2. The standard InChI is InChI=1S/C10H13Cl2O3P/c1-3-14-16(13,15-4-2)9-7-5-6-8(11)10(9)12/h5-7H,3-4H2,1-2H3. The van der Waals surface area contributed by atoms with Gasteiger partial charge in [-0.15, -0.1) is 0 Å². The molecule has 16 heavy (non-hydrogen) atoms. The third-order valence-corrected chi connectivity index (χ3v) is 4.93. The van der Waals surface area contributed by atoms with Crippen LogP contribution in [0.3, 0.4) is 0 Å². The molecule has 0 aliphatic rings. The van der Waals surface area contributed by atoms with E-state index in [-0.39, 0.29) is 18.2 Å². The van der Waals surface area contributed by atoms with Gasteiger partial charge in [0.25, 0.3) is 0 Å². The summed E-state index contributed by atoms with van der Waals surface area (Å²) in [5.41, 5.74) is 0. The van der Waals surface area contributed by atoms with Crippen LogP contribution in [0.5, 0.6) is 0 Å². The Kier molecular flexibility index (Phi) is 5.29. The van der Waals surface area contributed by atoms with E-state index in [9.17, 15) is 4.57 Å². The summed E-state index contributed by atoms with van der Waals surface area (Å²) in [6.45, 7) is 4.04. The molecule has 0 aromatic heterocycles. The van der Waals surface area contributed by atoms with Crippen molar-refractivity contribution < 1.29 is 13.6 Å². The SMILES string of the molecule is CCOP(=O)(OCC)c1cccc(Cl)c1Cl. The molecule has 0 amide bonds. The highest BCUT2D eigenvalue weighted by Gasteiger charge is 2.29. The molecule has 1 rings (SSSR count). The van der Waals surface area contributed by atoms with Crippen molar-refractivity contribution in [3.63, 3.8) is 0 Å². The Labute approximate surface area is 105 Å². The molecule has 90 valence electrons. The van der Waals surface area contributed by atoms with Gasteiger partial charge in [0.05, 0.1) is 28.6 Å². The molecule has 0 N–H and O–H groups in total. The van der Waals surface area contributed by atoms with Crippen molar-refractivity contribution in [2.75, 3.05) is 13.2 Å². The molecular weight excluding hydrogens is 270 g/mol. The topological polar surface area (TPSA) is 35.5 Å². The van der Waals surface area contributed by atoms with Gasteiger partial charge in [-0.2, -0.15) is 0 Å². The fourth-order valence-electron chi connectivity index (χ4n) is 1.22. The first-order chi connectivity index (χ1) is 7.55. The summed E-state index contributed by atoms with van der Waals surface area (Å²) in [4.78, 5) is 0.